The van der Waals surface area contributed by atoms with Gasteiger partial charge in [-0.1, -0.05) is 11.6 Å². The highest BCUT2D eigenvalue weighted by Gasteiger charge is 2.12. The van der Waals surface area contributed by atoms with Gasteiger partial charge >= 0.3 is 5.97 Å². The number of thiazole rings is 1. The van der Waals surface area contributed by atoms with E-state index in [2.05, 4.69) is 4.98 Å². The molecule has 82 valence electrons. The number of rotatable bonds is 2. The lowest BCUT2D eigenvalue weighted by Crippen LogP contribution is -1.89. The second-order valence-corrected chi connectivity index (χ2v) is 4.40. The van der Waals surface area contributed by atoms with Crippen LogP contribution in [0.25, 0.3) is 10.6 Å². The molecular formula is C10H5ClFNO2S. The molecule has 0 aliphatic heterocycles. The van der Waals surface area contributed by atoms with Crippen LogP contribution in [0.3, 0.4) is 0 Å². The maximum absolute atomic E-state index is 12.8. The smallest absolute Gasteiger partial charge is 0.347 e. The van der Waals surface area contributed by atoms with Crippen LogP contribution < -0.4 is 0 Å². The molecule has 16 heavy (non-hydrogen) atoms. The Bertz CT molecular complexity index is 556. The maximum Gasteiger partial charge on any atom is 0.347 e. The molecule has 0 unspecified atom stereocenters. The van der Waals surface area contributed by atoms with E-state index in [1.165, 1.54) is 24.4 Å². The minimum atomic E-state index is -1.04. The number of benzene rings is 1. The second-order valence-electron chi connectivity index (χ2n) is 2.96. The van der Waals surface area contributed by atoms with Gasteiger partial charge in [-0.3, -0.25) is 0 Å². The Morgan fingerprint density at radius 3 is 2.81 bits per heavy atom. The average Bonchev–Trinajstić information content (AvgIpc) is 2.66. The number of hydrogen-bond donors (Lipinski definition) is 1. The Labute approximate surface area is 99.1 Å². The van der Waals surface area contributed by atoms with Gasteiger partial charge in [0.1, 0.15) is 15.7 Å². The summed E-state index contributed by atoms with van der Waals surface area (Å²) in [6.07, 6.45) is 1.25. The Balaban J connectivity index is 2.46. The van der Waals surface area contributed by atoms with Gasteiger partial charge in [0, 0.05) is 5.56 Å². The first-order chi connectivity index (χ1) is 7.58. The zero-order chi connectivity index (χ0) is 11.7. The lowest BCUT2D eigenvalue weighted by atomic mass is 10.2. The molecule has 0 bridgehead atoms. The van der Waals surface area contributed by atoms with Crippen molar-refractivity contribution in [3.05, 3.63) is 40.1 Å². The van der Waals surface area contributed by atoms with Gasteiger partial charge in [0.25, 0.3) is 0 Å². The molecule has 0 saturated carbocycles. The van der Waals surface area contributed by atoms with Crippen molar-refractivity contribution in [2.75, 3.05) is 0 Å². The SMILES string of the molecule is O=C(O)c1cnc(-c2ccc(F)cc2Cl)s1. The molecule has 2 aromatic rings. The summed E-state index contributed by atoms with van der Waals surface area (Å²) in [6, 6.07) is 3.89. The standard InChI is InChI=1S/C10H5ClFNO2S/c11-7-3-5(12)1-2-6(7)9-13-4-8(16-9)10(14)15/h1-4H,(H,14,15). The van der Waals surface area contributed by atoms with E-state index in [-0.39, 0.29) is 9.90 Å². The lowest BCUT2D eigenvalue weighted by Gasteiger charge is -1.99. The summed E-state index contributed by atoms with van der Waals surface area (Å²) in [5, 5.41) is 9.41. The van der Waals surface area contributed by atoms with Gasteiger partial charge in [-0.05, 0) is 18.2 Å². The highest BCUT2D eigenvalue weighted by atomic mass is 35.5. The van der Waals surface area contributed by atoms with E-state index in [1.54, 1.807) is 0 Å². The van der Waals surface area contributed by atoms with Gasteiger partial charge in [0.2, 0.25) is 0 Å². The molecule has 1 heterocycles. The lowest BCUT2D eigenvalue weighted by molar-refractivity contribution is 0.0702. The van der Waals surface area contributed by atoms with Crippen LogP contribution in [0.4, 0.5) is 4.39 Å². The number of carbonyl (C=O) groups is 1. The van der Waals surface area contributed by atoms with Crippen molar-refractivity contribution in [2.45, 2.75) is 0 Å². The van der Waals surface area contributed by atoms with E-state index in [0.717, 1.165) is 11.3 Å². The number of aromatic nitrogens is 1. The number of carboxylic acid groups (broad SMARTS) is 1. The fourth-order valence-corrected chi connectivity index (χ4v) is 2.27. The Hall–Kier alpha value is -1.46. The molecule has 0 atom stereocenters. The molecule has 2 rings (SSSR count). The highest BCUT2D eigenvalue weighted by molar-refractivity contribution is 7.16. The van der Waals surface area contributed by atoms with Crippen LogP contribution in [-0.4, -0.2) is 16.1 Å². The maximum atomic E-state index is 12.8. The molecule has 0 fully saturated rings. The molecule has 0 amide bonds. The van der Waals surface area contributed by atoms with Crippen LogP contribution in [0, 0.1) is 5.82 Å². The molecule has 1 N–H and O–H groups in total. The van der Waals surface area contributed by atoms with Crippen molar-refractivity contribution in [3.63, 3.8) is 0 Å². The van der Waals surface area contributed by atoms with Gasteiger partial charge in [0.05, 0.1) is 11.2 Å². The number of nitrogens with zero attached hydrogens (tertiary/aromatic N) is 1. The van der Waals surface area contributed by atoms with Crippen LogP contribution in [0.5, 0.6) is 0 Å². The molecular weight excluding hydrogens is 253 g/mol. The van der Waals surface area contributed by atoms with Gasteiger partial charge in [-0.15, -0.1) is 11.3 Å². The van der Waals surface area contributed by atoms with Crippen LogP contribution in [-0.2, 0) is 0 Å². The Kier molecular flexibility index (Phi) is 2.89. The predicted octanol–water partition coefficient (Wildman–Crippen LogP) is 3.30. The molecule has 3 nitrogen and oxygen atoms in total. The summed E-state index contributed by atoms with van der Waals surface area (Å²) in [7, 11) is 0. The Morgan fingerprint density at radius 1 is 1.50 bits per heavy atom. The van der Waals surface area contributed by atoms with Crippen molar-refractivity contribution in [1.82, 2.24) is 4.98 Å². The number of hydrogen-bond acceptors (Lipinski definition) is 3. The minimum absolute atomic E-state index is 0.121. The average molecular weight is 258 g/mol. The van der Waals surface area contributed by atoms with E-state index < -0.39 is 11.8 Å². The van der Waals surface area contributed by atoms with Crippen molar-refractivity contribution < 1.29 is 14.3 Å². The van der Waals surface area contributed by atoms with Crippen LogP contribution in [0.2, 0.25) is 5.02 Å². The van der Waals surface area contributed by atoms with Crippen molar-refractivity contribution in [1.29, 1.82) is 0 Å². The Morgan fingerprint density at radius 2 is 2.25 bits per heavy atom. The van der Waals surface area contributed by atoms with Gasteiger partial charge in [0.15, 0.2) is 0 Å². The third-order valence-corrected chi connectivity index (χ3v) is 3.21. The third kappa shape index (κ3) is 2.05. The summed E-state index contributed by atoms with van der Waals surface area (Å²) in [4.78, 5) is 14.7. The van der Waals surface area contributed by atoms with E-state index in [9.17, 15) is 9.18 Å². The number of aromatic carboxylic acids is 1. The predicted molar refractivity (Wildman–Crippen MR) is 59.5 cm³/mol. The minimum Gasteiger partial charge on any atom is -0.477 e. The second kappa shape index (κ2) is 4.19. The quantitative estimate of drug-likeness (QED) is 0.898. The van der Waals surface area contributed by atoms with Gasteiger partial charge in [-0.2, -0.15) is 0 Å². The highest BCUT2D eigenvalue weighted by Crippen LogP contribution is 2.31. The normalized spacial score (nSPS) is 10.4. The fourth-order valence-electron chi connectivity index (χ4n) is 1.16. The molecule has 6 heteroatoms. The first-order valence-electron chi connectivity index (χ1n) is 4.22. The number of halogens is 2. The molecule has 1 aromatic heterocycles. The summed E-state index contributed by atoms with van der Waals surface area (Å²) in [5.74, 6) is -1.48. The van der Waals surface area contributed by atoms with Crippen molar-refractivity contribution in [2.24, 2.45) is 0 Å². The molecule has 0 saturated heterocycles. The summed E-state index contributed by atoms with van der Waals surface area (Å²) < 4.78 is 12.8. The first-order valence-corrected chi connectivity index (χ1v) is 5.42. The van der Waals surface area contributed by atoms with Gasteiger partial charge < -0.3 is 5.11 Å². The molecule has 1 aromatic carbocycles. The zero-order valence-corrected chi connectivity index (χ0v) is 9.35. The zero-order valence-electron chi connectivity index (χ0n) is 7.78. The third-order valence-electron chi connectivity index (χ3n) is 1.88. The monoisotopic (exact) mass is 257 g/mol. The van der Waals surface area contributed by atoms with E-state index in [4.69, 9.17) is 16.7 Å². The van der Waals surface area contributed by atoms with E-state index in [1.807, 2.05) is 0 Å². The van der Waals surface area contributed by atoms with Crippen LogP contribution in [0.15, 0.2) is 24.4 Å². The molecule has 0 aliphatic carbocycles. The topological polar surface area (TPSA) is 50.2 Å². The fraction of sp³-hybridized carbons (Fsp3) is 0. The summed E-state index contributed by atoms with van der Waals surface area (Å²) >= 11 is 6.83. The summed E-state index contributed by atoms with van der Waals surface area (Å²) in [5.41, 5.74) is 0.528. The largest absolute Gasteiger partial charge is 0.477 e. The first kappa shape index (κ1) is 11.0. The molecule has 0 aliphatic rings. The summed E-state index contributed by atoms with van der Waals surface area (Å²) in [6.45, 7) is 0. The molecule has 0 radical (unpaired) electrons. The molecule has 0 spiro atoms. The van der Waals surface area contributed by atoms with Crippen LogP contribution in [0.1, 0.15) is 9.67 Å². The van der Waals surface area contributed by atoms with Crippen molar-refractivity contribution >= 4 is 28.9 Å². The van der Waals surface area contributed by atoms with Crippen molar-refractivity contribution in [3.8, 4) is 10.6 Å². The van der Waals surface area contributed by atoms with Gasteiger partial charge in [-0.25, -0.2) is 14.2 Å². The van der Waals surface area contributed by atoms with E-state index in [0.29, 0.717) is 10.6 Å². The number of carboxylic acids is 1. The van der Waals surface area contributed by atoms with E-state index >= 15 is 0 Å². The van der Waals surface area contributed by atoms with Crippen LogP contribution >= 0.6 is 22.9 Å².